The molecular weight excluding hydrogens is 339 g/mol. The standard InChI is InChI=1S/C19H23O5P/c1-19(2,20)18-24-15-11-6-8-12(17(15)25(18,5)21)16-13(22-3)9-7-10-14(16)23-4/h6-11,18,20H,1-5H3. The zero-order chi connectivity index (χ0) is 18.4. The minimum atomic E-state index is -3.01. The maximum Gasteiger partial charge on any atom is 0.183 e. The summed E-state index contributed by atoms with van der Waals surface area (Å²) in [5.41, 5.74) is 0.238. The van der Waals surface area contributed by atoms with Crippen LogP contribution in [-0.4, -0.2) is 37.4 Å². The monoisotopic (exact) mass is 362 g/mol. The highest BCUT2D eigenvalue weighted by molar-refractivity contribution is 7.72. The van der Waals surface area contributed by atoms with Crippen LogP contribution < -0.4 is 19.5 Å². The van der Waals surface area contributed by atoms with Crippen LogP contribution in [0.15, 0.2) is 36.4 Å². The Bertz CT molecular complexity index is 831. The number of methoxy groups -OCH3 is 2. The van der Waals surface area contributed by atoms with E-state index in [1.807, 2.05) is 30.3 Å². The van der Waals surface area contributed by atoms with Crippen molar-refractivity contribution in [2.24, 2.45) is 0 Å². The molecule has 0 fully saturated rings. The molecule has 0 saturated carbocycles. The van der Waals surface area contributed by atoms with Gasteiger partial charge in [0.1, 0.15) is 22.8 Å². The lowest BCUT2D eigenvalue weighted by Crippen LogP contribution is -2.38. The van der Waals surface area contributed by atoms with Gasteiger partial charge >= 0.3 is 0 Å². The lowest BCUT2D eigenvalue weighted by Gasteiger charge is -2.28. The molecule has 25 heavy (non-hydrogen) atoms. The molecule has 0 aromatic heterocycles. The van der Waals surface area contributed by atoms with Gasteiger partial charge in [-0.1, -0.05) is 18.2 Å². The quantitative estimate of drug-likeness (QED) is 0.844. The largest absolute Gasteiger partial charge is 0.496 e. The highest BCUT2D eigenvalue weighted by Gasteiger charge is 2.50. The van der Waals surface area contributed by atoms with Gasteiger partial charge in [-0.15, -0.1) is 0 Å². The first-order valence-electron chi connectivity index (χ1n) is 8.03. The highest BCUT2D eigenvalue weighted by Crippen LogP contribution is 2.59. The van der Waals surface area contributed by atoms with Gasteiger partial charge in [-0.25, -0.2) is 0 Å². The third-order valence-corrected chi connectivity index (χ3v) is 7.41. The van der Waals surface area contributed by atoms with Gasteiger partial charge in [0.2, 0.25) is 0 Å². The van der Waals surface area contributed by atoms with E-state index >= 15 is 0 Å². The average molecular weight is 362 g/mol. The third-order valence-electron chi connectivity index (χ3n) is 4.43. The zero-order valence-corrected chi connectivity index (χ0v) is 16.0. The Morgan fingerprint density at radius 3 is 2.16 bits per heavy atom. The van der Waals surface area contributed by atoms with Gasteiger partial charge in [-0.05, 0) is 38.7 Å². The average Bonchev–Trinajstić information content (AvgIpc) is 2.85. The second-order valence-corrected chi connectivity index (χ2v) is 9.70. The summed E-state index contributed by atoms with van der Waals surface area (Å²) in [7, 11) is 0.161. The van der Waals surface area contributed by atoms with Crippen molar-refractivity contribution in [3.05, 3.63) is 36.4 Å². The summed E-state index contributed by atoms with van der Waals surface area (Å²) in [6, 6.07) is 11.0. The normalized spacial score (nSPS) is 22.2. The van der Waals surface area contributed by atoms with Crippen LogP contribution in [-0.2, 0) is 4.57 Å². The molecule has 1 aliphatic rings. The Balaban J connectivity index is 2.30. The second-order valence-electron chi connectivity index (χ2n) is 6.80. The molecule has 0 saturated heterocycles. The third kappa shape index (κ3) is 2.82. The summed E-state index contributed by atoms with van der Waals surface area (Å²) in [6.45, 7) is 4.89. The van der Waals surface area contributed by atoms with Crippen molar-refractivity contribution in [3.8, 4) is 28.4 Å². The summed E-state index contributed by atoms with van der Waals surface area (Å²) in [5, 5.41) is 11.1. The van der Waals surface area contributed by atoms with Crippen LogP contribution in [0.1, 0.15) is 13.8 Å². The molecule has 2 atom stereocenters. The van der Waals surface area contributed by atoms with Crippen molar-refractivity contribution in [2.75, 3.05) is 20.9 Å². The zero-order valence-electron chi connectivity index (χ0n) is 15.1. The Hall–Kier alpha value is -1.97. The maximum absolute atomic E-state index is 13.6. The molecule has 5 nitrogen and oxygen atoms in total. The predicted octanol–water partition coefficient (Wildman–Crippen LogP) is 3.48. The van der Waals surface area contributed by atoms with E-state index in [9.17, 15) is 9.67 Å². The van der Waals surface area contributed by atoms with E-state index in [1.165, 1.54) is 0 Å². The molecule has 2 aromatic carbocycles. The SMILES string of the molecule is COc1cccc(OC)c1-c1cccc2c1P(C)(=O)C(C(C)(C)O)O2. The fraction of sp³-hybridized carbons (Fsp3) is 0.368. The Morgan fingerprint density at radius 2 is 1.64 bits per heavy atom. The molecule has 0 amide bonds. The van der Waals surface area contributed by atoms with E-state index < -0.39 is 18.6 Å². The molecule has 1 N–H and O–H groups in total. The lowest BCUT2D eigenvalue weighted by atomic mass is 10.0. The first-order chi connectivity index (χ1) is 11.7. The van der Waals surface area contributed by atoms with Crippen molar-refractivity contribution >= 4 is 12.4 Å². The van der Waals surface area contributed by atoms with Gasteiger partial charge in [0.15, 0.2) is 13.0 Å². The number of aliphatic hydroxyl groups is 1. The van der Waals surface area contributed by atoms with E-state index in [2.05, 4.69) is 0 Å². The number of hydrogen-bond acceptors (Lipinski definition) is 5. The van der Waals surface area contributed by atoms with Crippen LogP contribution in [0.5, 0.6) is 17.2 Å². The molecule has 3 rings (SSSR count). The number of rotatable bonds is 4. The Morgan fingerprint density at radius 1 is 1.08 bits per heavy atom. The van der Waals surface area contributed by atoms with E-state index in [1.54, 1.807) is 40.8 Å². The lowest BCUT2D eigenvalue weighted by molar-refractivity contribution is 0.00895. The molecule has 0 radical (unpaired) electrons. The molecule has 6 heteroatoms. The topological polar surface area (TPSA) is 65.0 Å². The summed E-state index contributed by atoms with van der Waals surface area (Å²) in [5.74, 6) is 0.985. The maximum atomic E-state index is 13.6. The van der Waals surface area contributed by atoms with E-state index in [-0.39, 0.29) is 0 Å². The molecule has 2 aromatic rings. The number of hydrogen-bond donors (Lipinski definition) is 1. The van der Waals surface area contributed by atoms with Crippen molar-refractivity contribution in [3.63, 3.8) is 0 Å². The first kappa shape index (κ1) is 17.8. The molecule has 0 bridgehead atoms. The van der Waals surface area contributed by atoms with Crippen LogP contribution in [0.3, 0.4) is 0 Å². The Labute approximate surface area is 147 Å². The number of fused-ring (bicyclic) bond motifs is 1. The van der Waals surface area contributed by atoms with Crippen molar-refractivity contribution in [2.45, 2.75) is 25.3 Å². The molecule has 0 spiro atoms. The molecule has 0 aliphatic carbocycles. The predicted molar refractivity (Wildman–Crippen MR) is 98.9 cm³/mol. The van der Waals surface area contributed by atoms with Gasteiger partial charge in [-0.2, -0.15) is 0 Å². The minimum absolute atomic E-state index is 0.531. The summed E-state index contributed by atoms with van der Waals surface area (Å²) < 4.78 is 30.6. The van der Waals surface area contributed by atoms with Crippen LogP contribution in [0.25, 0.3) is 11.1 Å². The van der Waals surface area contributed by atoms with Gasteiger partial charge in [0.25, 0.3) is 0 Å². The van der Waals surface area contributed by atoms with E-state index in [4.69, 9.17) is 14.2 Å². The molecule has 134 valence electrons. The number of ether oxygens (including phenoxy) is 3. The summed E-state index contributed by atoms with van der Waals surface area (Å²) in [4.78, 5) is 0. The first-order valence-corrected chi connectivity index (χ1v) is 10.2. The molecule has 2 unspecified atom stereocenters. The summed E-state index contributed by atoms with van der Waals surface area (Å²) in [6.07, 6.45) is 0. The van der Waals surface area contributed by atoms with E-state index in [0.717, 1.165) is 11.1 Å². The van der Waals surface area contributed by atoms with Gasteiger partial charge in [0, 0.05) is 5.56 Å². The number of benzene rings is 2. The van der Waals surface area contributed by atoms with E-state index in [0.29, 0.717) is 22.6 Å². The van der Waals surface area contributed by atoms with Crippen LogP contribution >= 0.6 is 7.14 Å². The van der Waals surface area contributed by atoms with Crippen LogP contribution in [0, 0.1) is 0 Å². The van der Waals surface area contributed by atoms with Crippen LogP contribution in [0.2, 0.25) is 0 Å². The van der Waals surface area contributed by atoms with Gasteiger partial charge in [-0.3, -0.25) is 0 Å². The fourth-order valence-electron chi connectivity index (χ4n) is 3.48. The Kier molecular flexibility index (Phi) is 4.34. The molecule has 1 heterocycles. The second kappa shape index (κ2) is 6.08. The smallest absolute Gasteiger partial charge is 0.183 e. The van der Waals surface area contributed by atoms with Gasteiger partial charge < -0.3 is 23.9 Å². The van der Waals surface area contributed by atoms with Crippen LogP contribution in [0.4, 0.5) is 0 Å². The minimum Gasteiger partial charge on any atom is -0.496 e. The fourth-order valence-corrected chi connectivity index (χ4v) is 6.46. The van der Waals surface area contributed by atoms with Gasteiger partial charge in [0.05, 0.1) is 25.1 Å². The van der Waals surface area contributed by atoms with Crippen molar-refractivity contribution in [1.29, 1.82) is 0 Å². The van der Waals surface area contributed by atoms with Crippen molar-refractivity contribution in [1.82, 2.24) is 0 Å². The highest BCUT2D eigenvalue weighted by atomic mass is 31.2. The molecule has 1 aliphatic heterocycles. The molecular formula is C19H23O5P. The van der Waals surface area contributed by atoms with Crippen molar-refractivity contribution < 1.29 is 23.9 Å². The summed E-state index contributed by atoms with van der Waals surface area (Å²) >= 11 is 0.